The van der Waals surface area contributed by atoms with Crippen LogP contribution >= 0.6 is 0 Å². The molecule has 0 N–H and O–H groups in total. The third-order valence-corrected chi connectivity index (χ3v) is 12.2. The average molecular weight is 817 g/mol. The van der Waals surface area contributed by atoms with Gasteiger partial charge in [0.1, 0.15) is 0 Å². The minimum Gasteiger partial charge on any atom is -0.255 e. The summed E-state index contributed by atoms with van der Waals surface area (Å²) in [5.74, 6) is 0. The molecular formula is C58H36N6. The van der Waals surface area contributed by atoms with Crippen molar-refractivity contribution in [1.82, 2.24) is 29.9 Å². The van der Waals surface area contributed by atoms with Crippen molar-refractivity contribution in [3.8, 4) is 89.8 Å². The third kappa shape index (κ3) is 6.53. The van der Waals surface area contributed by atoms with Crippen molar-refractivity contribution in [1.29, 1.82) is 0 Å². The van der Waals surface area contributed by atoms with E-state index in [-0.39, 0.29) is 0 Å². The van der Waals surface area contributed by atoms with Crippen LogP contribution in [0, 0.1) is 0 Å². The first kappa shape index (κ1) is 37.1. The number of benzene rings is 6. The second kappa shape index (κ2) is 15.6. The smallest absolute Gasteiger partial charge is 0.0886 e. The van der Waals surface area contributed by atoms with Crippen molar-refractivity contribution in [2.45, 2.75) is 0 Å². The van der Waals surface area contributed by atoms with Crippen molar-refractivity contribution in [2.75, 3.05) is 0 Å². The van der Waals surface area contributed by atoms with Gasteiger partial charge in [-0.1, -0.05) is 115 Å². The number of hydrogen-bond donors (Lipinski definition) is 0. The highest BCUT2D eigenvalue weighted by molar-refractivity contribution is 6.32. The van der Waals surface area contributed by atoms with Gasteiger partial charge < -0.3 is 0 Å². The molecule has 0 aliphatic carbocycles. The monoisotopic (exact) mass is 816 g/mol. The van der Waals surface area contributed by atoms with Gasteiger partial charge in [-0.25, -0.2) is 0 Å². The van der Waals surface area contributed by atoms with Gasteiger partial charge in [0.25, 0.3) is 0 Å². The van der Waals surface area contributed by atoms with Crippen LogP contribution in [0.3, 0.4) is 0 Å². The van der Waals surface area contributed by atoms with Gasteiger partial charge in [-0.15, -0.1) is 0 Å². The Kier molecular flexibility index (Phi) is 9.05. The summed E-state index contributed by atoms with van der Waals surface area (Å²) in [7, 11) is 0. The highest BCUT2D eigenvalue weighted by atomic mass is 14.8. The van der Waals surface area contributed by atoms with E-state index < -0.39 is 0 Å². The van der Waals surface area contributed by atoms with Crippen LogP contribution in [-0.2, 0) is 0 Å². The van der Waals surface area contributed by atoms with Gasteiger partial charge >= 0.3 is 0 Å². The Labute approximate surface area is 369 Å². The van der Waals surface area contributed by atoms with Gasteiger partial charge in [0.2, 0.25) is 0 Å². The largest absolute Gasteiger partial charge is 0.255 e. The van der Waals surface area contributed by atoms with E-state index in [1.807, 2.05) is 73.2 Å². The first-order valence-electron chi connectivity index (χ1n) is 21.3. The molecule has 6 heteroatoms. The predicted octanol–water partition coefficient (Wildman–Crippen LogP) is 14.3. The lowest BCUT2D eigenvalue weighted by atomic mass is 9.82. The van der Waals surface area contributed by atoms with Crippen molar-refractivity contribution in [3.05, 3.63) is 219 Å². The van der Waals surface area contributed by atoms with Crippen LogP contribution in [0.2, 0.25) is 0 Å². The minimum atomic E-state index is 0.826. The number of nitrogens with zero attached hydrogens (tertiary/aromatic N) is 6. The number of rotatable bonds is 8. The molecular weight excluding hydrogens is 781 g/mol. The van der Waals surface area contributed by atoms with E-state index in [4.69, 9.17) is 15.0 Å². The summed E-state index contributed by atoms with van der Waals surface area (Å²) >= 11 is 0. The number of pyridine rings is 6. The highest BCUT2D eigenvalue weighted by Crippen LogP contribution is 2.48. The summed E-state index contributed by atoms with van der Waals surface area (Å²) in [5.41, 5.74) is 16.0. The van der Waals surface area contributed by atoms with E-state index in [2.05, 4.69) is 142 Å². The van der Waals surface area contributed by atoms with Gasteiger partial charge in [0.15, 0.2) is 0 Å². The molecule has 298 valence electrons. The molecule has 12 aromatic rings. The van der Waals surface area contributed by atoms with Crippen LogP contribution < -0.4 is 0 Å². The molecule has 0 bridgehead atoms. The molecule has 0 fully saturated rings. The van der Waals surface area contributed by atoms with E-state index >= 15 is 0 Å². The molecule has 6 aromatic carbocycles. The first-order chi connectivity index (χ1) is 31.7. The minimum absolute atomic E-state index is 0.826. The van der Waals surface area contributed by atoms with Crippen LogP contribution in [0.5, 0.6) is 0 Å². The molecule has 6 heterocycles. The lowest BCUT2D eigenvalue weighted by Gasteiger charge is -2.21. The van der Waals surface area contributed by atoms with E-state index in [1.54, 1.807) is 18.6 Å². The maximum atomic E-state index is 4.96. The quantitative estimate of drug-likeness (QED) is 0.142. The Morgan fingerprint density at radius 2 is 0.531 bits per heavy atom. The molecule has 0 aliphatic rings. The zero-order chi connectivity index (χ0) is 42.4. The summed E-state index contributed by atoms with van der Waals surface area (Å²) in [6, 6.07) is 63.7. The molecule has 64 heavy (non-hydrogen) atoms. The zero-order valence-corrected chi connectivity index (χ0v) is 34.5. The molecule has 0 atom stereocenters. The fraction of sp³-hybridized carbons (Fsp3) is 0. The molecule has 0 radical (unpaired) electrons. The van der Waals surface area contributed by atoms with Crippen LogP contribution in [0.4, 0.5) is 0 Å². The Morgan fingerprint density at radius 3 is 0.875 bits per heavy atom. The van der Waals surface area contributed by atoms with E-state index in [9.17, 15) is 0 Å². The van der Waals surface area contributed by atoms with Gasteiger partial charge in [-0.05, 0) is 138 Å². The molecule has 12 rings (SSSR count). The van der Waals surface area contributed by atoms with Crippen LogP contribution in [0.15, 0.2) is 219 Å². The van der Waals surface area contributed by atoms with Crippen molar-refractivity contribution in [3.63, 3.8) is 0 Å². The Bertz CT molecular complexity index is 3100. The van der Waals surface area contributed by atoms with Crippen molar-refractivity contribution < 1.29 is 0 Å². The molecule has 6 nitrogen and oxygen atoms in total. The predicted molar refractivity (Wildman–Crippen MR) is 260 cm³/mol. The first-order valence-corrected chi connectivity index (χ1v) is 21.3. The molecule has 0 aliphatic heterocycles. The maximum absolute atomic E-state index is 4.96. The van der Waals surface area contributed by atoms with Crippen molar-refractivity contribution >= 4 is 32.3 Å². The lowest BCUT2D eigenvalue weighted by Crippen LogP contribution is -1.96. The van der Waals surface area contributed by atoms with Gasteiger partial charge in [-0.3, -0.25) is 29.9 Å². The van der Waals surface area contributed by atoms with E-state index in [1.165, 1.54) is 27.3 Å². The number of aromatic nitrogens is 6. The van der Waals surface area contributed by atoms with Gasteiger partial charge in [-0.2, -0.15) is 0 Å². The summed E-state index contributed by atoms with van der Waals surface area (Å²) in [6.07, 6.45) is 11.3. The number of hydrogen-bond acceptors (Lipinski definition) is 6. The molecule has 0 saturated carbocycles. The standard InChI is InChI=1S/C58H36N6/c1-2-10-37(11-3-1)38-15-17-39(18-16-38)47-32-48(40-19-26-54(62-34-40)51-12-4-7-29-59-51)44-24-25-46-50(42-21-28-56(64-36-42)53-14-6-9-31-61-53)33-49(45-23-22-43(47)57(44)58(45)46)41-20-27-55(63-35-41)52-13-5-8-30-60-52/h1-36H. The average Bonchev–Trinajstić information content (AvgIpc) is 3.39. The molecule has 0 unspecified atom stereocenters. The molecule has 6 aromatic heterocycles. The second-order valence-electron chi connectivity index (χ2n) is 15.9. The molecule has 0 spiro atoms. The summed E-state index contributed by atoms with van der Waals surface area (Å²) < 4.78 is 0. The van der Waals surface area contributed by atoms with Crippen LogP contribution in [-0.4, -0.2) is 29.9 Å². The normalized spacial score (nSPS) is 11.4. The second-order valence-corrected chi connectivity index (χ2v) is 15.9. The SMILES string of the molecule is c1ccc(-c2ccc(-c3cc(-c4ccc(-c5ccccn5)nc4)c4ccc5c(-c6ccc(-c7ccccn7)nc6)cc(-c6ccc(-c7ccccn7)nc6)c6ccc3c4c65)cc2)cc1. The zero-order valence-electron chi connectivity index (χ0n) is 34.5. The Hall–Kier alpha value is -8.74. The highest BCUT2D eigenvalue weighted by Gasteiger charge is 2.22. The van der Waals surface area contributed by atoms with E-state index in [0.717, 1.165) is 94.8 Å². The Morgan fingerprint density at radius 1 is 0.219 bits per heavy atom. The van der Waals surface area contributed by atoms with E-state index in [0.29, 0.717) is 0 Å². The van der Waals surface area contributed by atoms with Crippen molar-refractivity contribution in [2.24, 2.45) is 0 Å². The van der Waals surface area contributed by atoms with Crippen LogP contribution in [0.25, 0.3) is 122 Å². The summed E-state index contributed by atoms with van der Waals surface area (Å²) in [6.45, 7) is 0. The summed E-state index contributed by atoms with van der Waals surface area (Å²) in [4.78, 5) is 28.6. The fourth-order valence-corrected chi connectivity index (χ4v) is 9.08. The maximum Gasteiger partial charge on any atom is 0.0886 e. The fourth-order valence-electron chi connectivity index (χ4n) is 9.08. The Balaban J connectivity index is 1.12. The molecule has 0 saturated heterocycles. The van der Waals surface area contributed by atoms with Crippen LogP contribution in [0.1, 0.15) is 0 Å². The topological polar surface area (TPSA) is 77.3 Å². The summed E-state index contributed by atoms with van der Waals surface area (Å²) in [5, 5.41) is 7.01. The van der Waals surface area contributed by atoms with Gasteiger partial charge in [0.05, 0.1) is 34.2 Å². The third-order valence-electron chi connectivity index (χ3n) is 12.2. The van der Waals surface area contributed by atoms with Gasteiger partial charge in [0, 0.05) is 53.9 Å². The molecule has 0 amide bonds. The lowest BCUT2D eigenvalue weighted by molar-refractivity contribution is 1.25.